The minimum absolute atomic E-state index is 0.437. The summed E-state index contributed by atoms with van der Waals surface area (Å²) in [5.74, 6) is 1.20. The van der Waals surface area contributed by atoms with E-state index in [1.54, 1.807) is 11.0 Å². The third-order valence-electron chi connectivity index (χ3n) is 3.00. The highest BCUT2D eigenvalue weighted by Crippen LogP contribution is 2.16. The topological polar surface area (TPSA) is 81.1 Å². The van der Waals surface area contributed by atoms with Gasteiger partial charge < -0.3 is 11.1 Å². The first-order valence-electron chi connectivity index (χ1n) is 6.15. The van der Waals surface area contributed by atoms with Gasteiger partial charge in [-0.05, 0) is 12.8 Å². The highest BCUT2D eigenvalue weighted by Gasteiger charge is 2.13. The van der Waals surface area contributed by atoms with E-state index in [9.17, 15) is 0 Å². The molecule has 0 amide bonds. The number of rotatable bonds is 3. The molecule has 1 heterocycles. The minimum atomic E-state index is 0.437. The molecule has 0 aromatic carbocycles. The minimum Gasteiger partial charge on any atom is -0.370 e. The molecule has 0 atom stereocenters. The van der Waals surface area contributed by atoms with Crippen molar-refractivity contribution >= 4 is 5.96 Å². The number of aromatic nitrogens is 3. The Bertz CT molecular complexity index is 377. The van der Waals surface area contributed by atoms with Crippen molar-refractivity contribution < 1.29 is 0 Å². The van der Waals surface area contributed by atoms with Gasteiger partial charge in [0.2, 0.25) is 0 Å². The van der Waals surface area contributed by atoms with Gasteiger partial charge in [-0.3, -0.25) is 4.68 Å². The highest BCUT2D eigenvalue weighted by atomic mass is 15.3. The van der Waals surface area contributed by atoms with Gasteiger partial charge in [-0.15, -0.1) is 0 Å². The summed E-state index contributed by atoms with van der Waals surface area (Å²) in [6.45, 7) is 0.437. The summed E-state index contributed by atoms with van der Waals surface area (Å²) in [4.78, 5) is 8.34. The summed E-state index contributed by atoms with van der Waals surface area (Å²) in [7, 11) is 1.84. The monoisotopic (exact) mass is 236 g/mol. The van der Waals surface area contributed by atoms with Crippen LogP contribution >= 0.6 is 0 Å². The second-order valence-electron chi connectivity index (χ2n) is 4.52. The zero-order valence-corrected chi connectivity index (χ0v) is 10.3. The van der Waals surface area contributed by atoms with Gasteiger partial charge in [0.05, 0.1) is 0 Å². The van der Waals surface area contributed by atoms with Crippen molar-refractivity contribution in [1.82, 2.24) is 20.1 Å². The quantitative estimate of drug-likeness (QED) is 0.593. The molecule has 1 aromatic heterocycles. The first kappa shape index (κ1) is 11.9. The fourth-order valence-electron chi connectivity index (χ4n) is 2.11. The van der Waals surface area contributed by atoms with E-state index in [1.165, 1.54) is 32.1 Å². The van der Waals surface area contributed by atoms with Crippen LogP contribution in [0.2, 0.25) is 0 Å². The van der Waals surface area contributed by atoms with Gasteiger partial charge in [0.15, 0.2) is 11.8 Å². The summed E-state index contributed by atoms with van der Waals surface area (Å²) in [6, 6.07) is 0.490. The molecule has 1 saturated carbocycles. The maximum absolute atomic E-state index is 5.84. The highest BCUT2D eigenvalue weighted by molar-refractivity contribution is 5.78. The molecule has 0 unspecified atom stereocenters. The van der Waals surface area contributed by atoms with Crippen molar-refractivity contribution in [3.05, 3.63) is 12.2 Å². The van der Waals surface area contributed by atoms with E-state index in [-0.39, 0.29) is 0 Å². The molecular weight excluding hydrogens is 216 g/mol. The first-order chi connectivity index (χ1) is 8.24. The third-order valence-corrected chi connectivity index (χ3v) is 3.00. The van der Waals surface area contributed by atoms with E-state index in [0.717, 1.165) is 0 Å². The van der Waals surface area contributed by atoms with Crippen molar-refractivity contribution in [1.29, 1.82) is 0 Å². The SMILES string of the molecule is Cn1cnc(CN=C(N)NC2CCCCC2)n1. The Morgan fingerprint density at radius 2 is 2.29 bits per heavy atom. The number of guanidine groups is 1. The van der Waals surface area contributed by atoms with E-state index < -0.39 is 0 Å². The molecule has 1 fully saturated rings. The molecule has 0 aliphatic heterocycles. The number of hydrogen-bond acceptors (Lipinski definition) is 3. The van der Waals surface area contributed by atoms with E-state index in [2.05, 4.69) is 20.4 Å². The molecule has 0 bridgehead atoms. The van der Waals surface area contributed by atoms with E-state index in [1.807, 2.05) is 7.05 Å². The van der Waals surface area contributed by atoms with Gasteiger partial charge in [-0.1, -0.05) is 19.3 Å². The van der Waals surface area contributed by atoms with Crippen LogP contribution in [0.4, 0.5) is 0 Å². The van der Waals surface area contributed by atoms with Crippen LogP contribution in [0.15, 0.2) is 11.3 Å². The molecule has 6 heteroatoms. The fourth-order valence-corrected chi connectivity index (χ4v) is 2.11. The fraction of sp³-hybridized carbons (Fsp3) is 0.727. The Morgan fingerprint density at radius 1 is 1.53 bits per heavy atom. The van der Waals surface area contributed by atoms with Crippen LogP contribution in [0.3, 0.4) is 0 Å². The van der Waals surface area contributed by atoms with Crippen LogP contribution < -0.4 is 11.1 Å². The van der Waals surface area contributed by atoms with Crippen molar-refractivity contribution in [2.24, 2.45) is 17.8 Å². The van der Waals surface area contributed by atoms with Gasteiger partial charge in [-0.2, -0.15) is 5.10 Å². The van der Waals surface area contributed by atoms with Crippen LogP contribution in [0, 0.1) is 0 Å². The largest absolute Gasteiger partial charge is 0.370 e. The lowest BCUT2D eigenvalue weighted by molar-refractivity contribution is 0.412. The maximum Gasteiger partial charge on any atom is 0.189 e. The summed E-state index contributed by atoms with van der Waals surface area (Å²) >= 11 is 0. The average molecular weight is 236 g/mol. The van der Waals surface area contributed by atoms with Gasteiger partial charge >= 0.3 is 0 Å². The van der Waals surface area contributed by atoms with Gasteiger partial charge in [0.1, 0.15) is 12.9 Å². The zero-order valence-electron chi connectivity index (χ0n) is 10.3. The van der Waals surface area contributed by atoms with Crippen molar-refractivity contribution in [3.63, 3.8) is 0 Å². The molecule has 0 saturated heterocycles. The lowest BCUT2D eigenvalue weighted by Crippen LogP contribution is -2.41. The molecule has 17 heavy (non-hydrogen) atoms. The molecule has 3 N–H and O–H groups in total. The summed E-state index contributed by atoms with van der Waals surface area (Å²) < 4.78 is 1.66. The summed E-state index contributed by atoms with van der Waals surface area (Å²) in [5, 5.41) is 7.41. The molecular formula is C11H20N6. The molecule has 1 aromatic rings. The van der Waals surface area contributed by atoms with Crippen LogP contribution in [-0.4, -0.2) is 26.8 Å². The van der Waals surface area contributed by atoms with Gasteiger partial charge in [-0.25, -0.2) is 9.98 Å². The molecule has 1 aliphatic carbocycles. The zero-order chi connectivity index (χ0) is 12.1. The Morgan fingerprint density at radius 3 is 2.94 bits per heavy atom. The molecule has 6 nitrogen and oxygen atoms in total. The number of hydrogen-bond donors (Lipinski definition) is 2. The average Bonchev–Trinajstić information content (AvgIpc) is 2.74. The normalized spacial score (nSPS) is 18.3. The van der Waals surface area contributed by atoms with Crippen LogP contribution in [0.5, 0.6) is 0 Å². The van der Waals surface area contributed by atoms with Gasteiger partial charge in [0.25, 0.3) is 0 Å². The van der Waals surface area contributed by atoms with E-state index in [0.29, 0.717) is 24.4 Å². The Labute approximate surface area is 101 Å². The Hall–Kier alpha value is -1.59. The molecule has 94 valence electrons. The second-order valence-corrected chi connectivity index (χ2v) is 4.52. The Balaban J connectivity index is 1.80. The first-order valence-corrected chi connectivity index (χ1v) is 6.15. The predicted octanol–water partition coefficient (Wildman–Crippen LogP) is 0.552. The second kappa shape index (κ2) is 5.65. The standard InChI is InChI=1S/C11H20N6/c1-17-8-14-10(16-17)7-13-11(12)15-9-5-3-2-4-6-9/h8-9H,2-7H2,1H3,(H3,12,13,15). The van der Waals surface area contributed by atoms with E-state index in [4.69, 9.17) is 5.73 Å². The Kier molecular flexibility index (Phi) is 3.95. The maximum atomic E-state index is 5.84. The number of nitrogens with one attached hydrogen (secondary N) is 1. The van der Waals surface area contributed by atoms with Crippen LogP contribution in [0.1, 0.15) is 37.9 Å². The van der Waals surface area contributed by atoms with Crippen LogP contribution in [0.25, 0.3) is 0 Å². The summed E-state index contributed by atoms with van der Waals surface area (Å²) in [6.07, 6.45) is 7.96. The van der Waals surface area contributed by atoms with Crippen LogP contribution in [-0.2, 0) is 13.6 Å². The summed E-state index contributed by atoms with van der Waals surface area (Å²) in [5.41, 5.74) is 5.84. The predicted molar refractivity (Wildman–Crippen MR) is 66.3 cm³/mol. The molecule has 0 spiro atoms. The number of aryl methyl sites for hydroxylation is 1. The lowest BCUT2D eigenvalue weighted by atomic mass is 9.96. The van der Waals surface area contributed by atoms with E-state index >= 15 is 0 Å². The smallest absolute Gasteiger partial charge is 0.189 e. The number of nitrogens with zero attached hydrogens (tertiary/aromatic N) is 4. The molecule has 0 radical (unpaired) electrons. The third kappa shape index (κ3) is 3.72. The number of aliphatic imine (C=N–C) groups is 1. The van der Waals surface area contributed by atoms with Crippen molar-refractivity contribution in [3.8, 4) is 0 Å². The molecule has 1 aliphatic rings. The number of nitrogens with two attached hydrogens (primary N) is 1. The molecule has 2 rings (SSSR count). The lowest BCUT2D eigenvalue weighted by Gasteiger charge is -2.23. The van der Waals surface area contributed by atoms with Crippen molar-refractivity contribution in [2.75, 3.05) is 0 Å². The van der Waals surface area contributed by atoms with Crippen molar-refractivity contribution in [2.45, 2.75) is 44.7 Å². The van der Waals surface area contributed by atoms with Gasteiger partial charge in [0, 0.05) is 13.1 Å².